The highest BCUT2D eigenvalue weighted by atomic mass is 15.2. The summed E-state index contributed by atoms with van der Waals surface area (Å²) < 4.78 is 9.39. The maximum absolute atomic E-state index is 12.4. The Kier molecular flexibility index (Phi) is 8.01. The van der Waals surface area contributed by atoms with Crippen LogP contribution in [0, 0.1) is 25.2 Å². The quantitative estimate of drug-likeness (QED) is 0.172. The van der Waals surface area contributed by atoms with E-state index in [0.717, 1.165) is 127 Å². The van der Waals surface area contributed by atoms with Gasteiger partial charge < -0.3 is 9.13 Å². The third kappa shape index (κ3) is 5.15. The van der Waals surface area contributed by atoms with Crippen molar-refractivity contribution in [2.24, 2.45) is 0 Å². The summed E-state index contributed by atoms with van der Waals surface area (Å²) in [6.45, 7) is 4.30. The molecule has 0 atom stereocenters. The Balaban J connectivity index is 1.38. The number of hydrogen-bond donors (Lipinski definition) is 0. The van der Waals surface area contributed by atoms with Gasteiger partial charge in [-0.2, -0.15) is 5.26 Å². The highest BCUT2D eigenvalue weighted by Gasteiger charge is 2.35. The number of aromatic nitrogens is 7. The molecule has 0 radical (unpaired) electrons. The molecule has 0 aliphatic carbocycles. The van der Waals surface area contributed by atoms with Gasteiger partial charge in [0.1, 0.15) is 17.4 Å². The summed E-state index contributed by atoms with van der Waals surface area (Å²) >= 11 is 0. The molecule has 14 aromatic rings. The molecule has 0 N–H and O–H groups in total. The minimum absolute atomic E-state index is 0.469. The Morgan fingerprint density at radius 3 is 1.28 bits per heavy atom. The van der Waals surface area contributed by atoms with Gasteiger partial charge in [-0.25, -0.2) is 9.97 Å². The number of nitrogens with zero attached hydrogens (tertiary/aromatic N) is 8. The van der Waals surface area contributed by atoms with Crippen LogP contribution < -0.4 is 0 Å². The summed E-state index contributed by atoms with van der Waals surface area (Å²) in [7, 11) is 0. The minimum Gasteiger partial charge on any atom is -0.305 e. The van der Waals surface area contributed by atoms with E-state index >= 15 is 0 Å². The summed E-state index contributed by atoms with van der Waals surface area (Å²) in [5.74, 6) is 0. The molecule has 7 aromatic heterocycles. The molecule has 8 heteroatoms. The Labute approximate surface area is 389 Å². The first-order chi connectivity index (χ1) is 33.6. The van der Waals surface area contributed by atoms with E-state index in [-0.39, 0.29) is 0 Å². The SMILES string of the molecule is Cc1ccc2c(c1)c1ccccc1n2-c1c(-n2c3ccccc3c3cc(C)ccc32)c(-n2c3ccccc3c3cccnc32)c(-c2cccnc2)c(C#N)c1-n1c2ccccc2c2cccnc21. The van der Waals surface area contributed by atoms with Gasteiger partial charge in [0.05, 0.1) is 61.4 Å². The lowest BCUT2D eigenvalue weighted by Crippen LogP contribution is -2.17. The summed E-state index contributed by atoms with van der Waals surface area (Å²) in [6, 6.07) is 63.0. The van der Waals surface area contributed by atoms with Gasteiger partial charge in [-0.05, 0) is 92.7 Å². The summed E-state index contributed by atoms with van der Waals surface area (Å²) in [6.07, 6.45) is 7.39. The standard InChI is InChI=1S/C60H38N8/c1-36-25-27-52-45(32-36)41-17-5-7-21-48(41)65(52)57-55(67-50-23-9-3-15-39(50)43-19-12-30-63-59(43)67)47(34-61)54(38-14-11-29-62-35-38)56(68-51-24-10-4-16-40(51)44-20-13-31-64-60(44)68)58(57)66-49-22-8-6-18-42(49)46-33-37(2)26-28-53(46)66/h3-33,35H,1-2H3. The molecule has 7 heterocycles. The fraction of sp³-hybridized carbons (Fsp3) is 0.0333. The first-order valence-electron chi connectivity index (χ1n) is 22.8. The van der Waals surface area contributed by atoms with Gasteiger partial charge in [-0.1, -0.05) is 102 Å². The van der Waals surface area contributed by atoms with Crippen LogP contribution in [0.3, 0.4) is 0 Å². The molecule has 0 amide bonds. The van der Waals surface area contributed by atoms with Crippen molar-refractivity contribution < 1.29 is 0 Å². The number of nitriles is 1. The molecule has 0 unspecified atom stereocenters. The molecule has 7 aromatic carbocycles. The van der Waals surface area contributed by atoms with E-state index < -0.39 is 0 Å². The molecular formula is C60H38N8. The molecular weight excluding hydrogens is 833 g/mol. The first-order valence-corrected chi connectivity index (χ1v) is 22.8. The zero-order chi connectivity index (χ0) is 45.2. The van der Waals surface area contributed by atoms with Crippen molar-refractivity contribution in [2.75, 3.05) is 0 Å². The van der Waals surface area contributed by atoms with Crippen molar-refractivity contribution >= 4 is 87.5 Å². The van der Waals surface area contributed by atoms with E-state index in [9.17, 15) is 5.26 Å². The fourth-order valence-electron chi connectivity index (χ4n) is 11.2. The highest BCUT2D eigenvalue weighted by molar-refractivity contribution is 6.16. The maximum Gasteiger partial charge on any atom is 0.145 e. The van der Waals surface area contributed by atoms with Gasteiger partial charge in [-0.3, -0.25) is 14.1 Å². The predicted molar refractivity (Wildman–Crippen MR) is 277 cm³/mol. The monoisotopic (exact) mass is 870 g/mol. The number of aryl methyl sites for hydroxylation is 2. The molecule has 0 aliphatic rings. The van der Waals surface area contributed by atoms with Gasteiger partial charge in [-0.15, -0.1) is 0 Å². The van der Waals surface area contributed by atoms with E-state index in [4.69, 9.17) is 15.0 Å². The van der Waals surface area contributed by atoms with E-state index in [2.05, 4.69) is 190 Å². The zero-order valence-corrected chi connectivity index (χ0v) is 37.1. The van der Waals surface area contributed by atoms with Gasteiger partial charge in [0, 0.05) is 79.0 Å². The molecule has 318 valence electrons. The molecule has 0 fully saturated rings. The number of benzene rings is 7. The van der Waals surface area contributed by atoms with Crippen LogP contribution in [0.15, 0.2) is 195 Å². The number of rotatable bonds is 5. The van der Waals surface area contributed by atoms with Crippen molar-refractivity contribution in [2.45, 2.75) is 13.8 Å². The van der Waals surface area contributed by atoms with Crippen molar-refractivity contribution in [3.8, 4) is 39.9 Å². The smallest absolute Gasteiger partial charge is 0.145 e. The molecule has 0 spiro atoms. The highest BCUT2D eigenvalue weighted by Crippen LogP contribution is 2.51. The van der Waals surface area contributed by atoms with Crippen LogP contribution in [0.4, 0.5) is 0 Å². The average molecular weight is 871 g/mol. The fourth-order valence-corrected chi connectivity index (χ4v) is 11.2. The maximum atomic E-state index is 12.4. The Morgan fingerprint density at radius 1 is 0.382 bits per heavy atom. The lowest BCUT2D eigenvalue weighted by molar-refractivity contribution is 1.01. The second kappa shape index (κ2) is 14.3. The van der Waals surface area contributed by atoms with Crippen molar-refractivity contribution in [3.05, 3.63) is 211 Å². The number of pyridine rings is 3. The number of hydrogen-bond acceptors (Lipinski definition) is 4. The first kappa shape index (κ1) is 38.0. The number of fused-ring (bicyclic) bond motifs is 12. The normalized spacial score (nSPS) is 12.0. The van der Waals surface area contributed by atoms with E-state index in [1.807, 2.05) is 36.8 Å². The van der Waals surface area contributed by atoms with Crippen molar-refractivity contribution in [1.29, 1.82) is 5.26 Å². The molecule has 14 rings (SSSR count). The Hall–Kier alpha value is -9.32. The number of para-hydroxylation sites is 4. The summed E-state index contributed by atoms with van der Waals surface area (Å²) in [5, 5.41) is 20.9. The van der Waals surface area contributed by atoms with Crippen molar-refractivity contribution in [1.82, 2.24) is 33.2 Å². The van der Waals surface area contributed by atoms with Gasteiger partial charge >= 0.3 is 0 Å². The van der Waals surface area contributed by atoms with Gasteiger partial charge in [0.2, 0.25) is 0 Å². The average Bonchev–Trinajstić information content (AvgIpc) is 4.10. The van der Waals surface area contributed by atoms with Gasteiger partial charge in [0.25, 0.3) is 0 Å². The minimum atomic E-state index is 0.469. The van der Waals surface area contributed by atoms with E-state index in [0.29, 0.717) is 11.3 Å². The second-order valence-corrected chi connectivity index (χ2v) is 17.7. The van der Waals surface area contributed by atoms with Crippen LogP contribution in [0.1, 0.15) is 16.7 Å². The topological polar surface area (TPSA) is 82.2 Å². The van der Waals surface area contributed by atoms with Crippen LogP contribution in [0.25, 0.3) is 121 Å². The Bertz CT molecular complexity index is 4370. The largest absolute Gasteiger partial charge is 0.305 e. The molecule has 0 saturated heterocycles. The summed E-state index contributed by atoms with van der Waals surface area (Å²) in [4.78, 5) is 15.2. The summed E-state index contributed by atoms with van der Waals surface area (Å²) in [5.41, 5.74) is 15.0. The lowest BCUT2D eigenvalue weighted by Gasteiger charge is -2.29. The third-order valence-corrected chi connectivity index (χ3v) is 13.9. The van der Waals surface area contributed by atoms with E-state index in [1.54, 1.807) is 6.20 Å². The van der Waals surface area contributed by atoms with Crippen LogP contribution in [-0.4, -0.2) is 33.2 Å². The molecule has 8 nitrogen and oxygen atoms in total. The lowest BCUT2D eigenvalue weighted by atomic mass is 9.93. The Morgan fingerprint density at radius 2 is 0.794 bits per heavy atom. The second-order valence-electron chi connectivity index (χ2n) is 17.7. The van der Waals surface area contributed by atoms with Gasteiger partial charge in [0.15, 0.2) is 0 Å². The molecule has 68 heavy (non-hydrogen) atoms. The predicted octanol–water partition coefficient (Wildman–Crippen LogP) is 14.4. The molecule has 0 bridgehead atoms. The van der Waals surface area contributed by atoms with Crippen LogP contribution in [-0.2, 0) is 0 Å². The van der Waals surface area contributed by atoms with Crippen LogP contribution in [0.2, 0.25) is 0 Å². The third-order valence-electron chi connectivity index (χ3n) is 13.9. The molecule has 0 saturated carbocycles. The zero-order valence-electron chi connectivity index (χ0n) is 37.1. The van der Waals surface area contributed by atoms with Crippen LogP contribution >= 0.6 is 0 Å². The van der Waals surface area contributed by atoms with Crippen LogP contribution in [0.5, 0.6) is 0 Å². The molecule has 0 aliphatic heterocycles. The van der Waals surface area contributed by atoms with Crippen molar-refractivity contribution in [3.63, 3.8) is 0 Å². The van der Waals surface area contributed by atoms with E-state index in [1.165, 1.54) is 0 Å².